The topological polar surface area (TPSA) is 98.5 Å². The Hall–Kier alpha value is -4.00. The highest BCUT2D eigenvalue weighted by molar-refractivity contribution is 5.93. The van der Waals surface area contributed by atoms with Crippen molar-refractivity contribution < 1.29 is 19.2 Å². The minimum absolute atomic E-state index is 0.0610. The van der Waals surface area contributed by atoms with Gasteiger partial charge in [0.2, 0.25) is 0 Å². The van der Waals surface area contributed by atoms with Crippen molar-refractivity contribution in [3.05, 3.63) is 111 Å². The molecular weight excluding hydrogens is 396 g/mol. The van der Waals surface area contributed by atoms with Crippen molar-refractivity contribution in [3.8, 4) is 0 Å². The molecule has 0 saturated carbocycles. The molecule has 31 heavy (non-hydrogen) atoms. The average Bonchev–Trinajstić information content (AvgIpc) is 2.78. The number of hydrogen-bond acceptors (Lipinski definition) is 5. The van der Waals surface area contributed by atoms with Gasteiger partial charge in [-0.1, -0.05) is 66.7 Å². The van der Waals surface area contributed by atoms with E-state index in [4.69, 9.17) is 4.74 Å². The molecular formula is C24H22N2O5. The summed E-state index contributed by atoms with van der Waals surface area (Å²) in [4.78, 5) is 35.4. The molecule has 7 nitrogen and oxygen atoms in total. The molecule has 0 fully saturated rings. The minimum Gasteiger partial charge on any atom is -0.452 e. The predicted octanol–water partition coefficient (Wildman–Crippen LogP) is 4.16. The molecule has 158 valence electrons. The van der Waals surface area contributed by atoms with Gasteiger partial charge < -0.3 is 10.1 Å². The molecule has 3 aromatic rings. The molecule has 0 aliphatic rings. The number of benzene rings is 3. The van der Waals surface area contributed by atoms with E-state index in [1.54, 1.807) is 0 Å². The van der Waals surface area contributed by atoms with Crippen LogP contribution in [0.15, 0.2) is 78.9 Å². The zero-order valence-corrected chi connectivity index (χ0v) is 17.0. The molecule has 3 aromatic carbocycles. The van der Waals surface area contributed by atoms with Crippen LogP contribution in [0.2, 0.25) is 0 Å². The molecule has 1 amide bonds. The third kappa shape index (κ3) is 5.76. The quantitative estimate of drug-likeness (QED) is 0.336. The van der Waals surface area contributed by atoms with Crippen molar-refractivity contribution >= 4 is 17.6 Å². The van der Waals surface area contributed by atoms with E-state index >= 15 is 0 Å². The molecule has 0 radical (unpaired) electrons. The number of nitro benzene ring substituents is 1. The van der Waals surface area contributed by atoms with Gasteiger partial charge in [0.1, 0.15) is 0 Å². The van der Waals surface area contributed by atoms with Crippen LogP contribution < -0.4 is 5.32 Å². The van der Waals surface area contributed by atoms with Crippen LogP contribution >= 0.6 is 0 Å². The van der Waals surface area contributed by atoms with Gasteiger partial charge in [0.15, 0.2) is 6.61 Å². The summed E-state index contributed by atoms with van der Waals surface area (Å²) in [6, 6.07) is 23.1. The summed E-state index contributed by atoms with van der Waals surface area (Å²) in [6.07, 6.45) is 0.578. The third-order valence-corrected chi connectivity index (χ3v) is 4.88. The zero-order valence-electron chi connectivity index (χ0n) is 17.0. The fourth-order valence-corrected chi connectivity index (χ4v) is 3.27. The van der Waals surface area contributed by atoms with Crippen LogP contribution in [0.4, 0.5) is 5.69 Å². The summed E-state index contributed by atoms with van der Waals surface area (Å²) in [5.74, 6) is -1.24. The van der Waals surface area contributed by atoms with E-state index in [2.05, 4.69) is 5.32 Å². The highest BCUT2D eigenvalue weighted by Gasteiger charge is 2.21. The number of carbonyl (C=O) groups is 2. The molecule has 0 aliphatic heterocycles. The number of rotatable bonds is 8. The van der Waals surface area contributed by atoms with Gasteiger partial charge in [0.05, 0.1) is 16.5 Å². The summed E-state index contributed by atoms with van der Waals surface area (Å²) < 4.78 is 5.12. The minimum atomic E-state index is -0.782. The lowest BCUT2D eigenvalue weighted by Crippen LogP contribution is -2.33. The second kappa shape index (κ2) is 10.2. The molecule has 0 unspecified atom stereocenters. The summed E-state index contributed by atoms with van der Waals surface area (Å²) >= 11 is 0. The van der Waals surface area contributed by atoms with Crippen LogP contribution in [0.3, 0.4) is 0 Å². The Balaban J connectivity index is 1.67. The van der Waals surface area contributed by atoms with Gasteiger partial charge in [0.25, 0.3) is 11.6 Å². The fourth-order valence-electron chi connectivity index (χ4n) is 3.27. The highest BCUT2D eigenvalue weighted by Crippen LogP contribution is 2.22. The van der Waals surface area contributed by atoms with Gasteiger partial charge >= 0.3 is 5.97 Å². The Morgan fingerprint density at radius 2 is 1.61 bits per heavy atom. The van der Waals surface area contributed by atoms with Gasteiger partial charge in [-0.05, 0) is 30.5 Å². The number of nitrogens with one attached hydrogen (secondary N) is 1. The molecule has 0 saturated heterocycles. The lowest BCUT2D eigenvalue weighted by atomic mass is 9.99. The van der Waals surface area contributed by atoms with Crippen LogP contribution in [0.1, 0.15) is 33.1 Å². The first kappa shape index (κ1) is 21.7. The molecule has 0 spiro atoms. The summed E-state index contributed by atoms with van der Waals surface area (Å²) in [7, 11) is 0. The second-order valence-corrected chi connectivity index (χ2v) is 7.00. The van der Waals surface area contributed by atoms with E-state index in [1.807, 2.05) is 60.7 Å². The Morgan fingerprint density at radius 3 is 2.26 bits per heavy atom. The molecule has 1 N–H and O–H groups in total. The van der Waals surface area contributed by atoms with Crippen molar-refractivity contribution in [3.63, 3.8) is 0 Å². The van der Waals surface area contributed by atoms with E-state index in [1.165, 1.54) is 25.1 Å². The number of carbonyl (C=O) groups excluding carboxylic acids is 2. The van der Waals surface area contributed by atoms with Crippen molar-refractivity contribution in [2.75, 3.05) is 6.61 Å². The van der Waals surface area contributed by atoms with Crippen molar-refractivity contribution in [1.82, 2.24) is 5.32 Å². The Kier molecular flexibility index (Phi) is 7.11. The van der Waals surface area contributed by atoms with Crippen molar-refractivity contribution in [1.29, 1.82) is 0 Å². The Morgan fingerprint density at radius 1 is 0.968 bits per heavy atom. The maximum absolute atomic E-state index is 12.5. The normalized spacial score (nSPS) is 11.4. The Labute approximate surface area is 179 Å². The molecule has 0 heterocycles. The lowest BCUT2D eigenvalue weighted by Gasteiger charge is -2.19. The van der Waals surface area contributed by atoms with Crippen LogP contribution in [-0.2, 0) is 16.0 Å². The SMILES string of the molecule is Cc1c(C(=O)OCC(=O)N[C@H](Cc2ccccc2)c2ccccc2)cccc1[N+](=O)[O-]. The van der Waals surface area contributed by atoms with E-state index in [9.17, 15) is 19.7 Å². The molecule has 0 aromatic heterocycles. The van der Waals surface area contributed by atoms with E-state index in [0.717, 1.165) is 11.1 Å². The van der Waals surface area contributed by atoms with Gasteiger partial charge in [-0.2, -0.15) is 0 Å². The third-order valence-electron chi connectivity index (χ3n) is 4.88. The van der Waals surface area contributed by atoms with Crippen LogP contribution in [0.5, 0.6) is 0 Å². The number of esters is 1. The smallest absolute Gasteiger partial charge is 0.339 e. The summed E-state index contributed by atoms with van der Waals surface area (Å²) in [5.41, 5.74) is 2.07. The first-order valence-corrected chi connectivity index (χ1v) is 9.75. The van der Waals surface area contributed by atoms with Gasteiger partial charge in [0, 0.05) is 11.6 Å². The monoisotopic (exact) mass is 418 g/mol. The molecule has 3 rings (SSSR count). The maximum atomic E-state index is 12.5. The molecule has 7 heteroatoms. The largest absolute Gasteiger partial charge is 0.452 e. The standard InChI is InChI=1S/C24H22N2O5/c1-17-20(13-8-14-22(17)26(29)30)24(28)31-16-23(27)25-21(19-11-6-3-7-12-19)15-18-9-4-2-5-10-18/h2-14,21H,15-16H2,1H3,(H,25,27)/t21-/m1/s1. The van der Waals surface area contributed by atoms with E-state index in [0.29, 0.717) is 6.42 Å². The summed E-state index contributed by atoms with van der Waals surface area (Å²) in [6.45, 7) is 0.985. The highest BCUT2D eigenvalue weighted by atomic mass is 16.6. The fraction of sp³-hybridized carbons (Fsp3) is 0.167. The Bertz CT molecular complexity index is 1070. The predicted molar refractivity (Wildman–Crippen MR) is 116 cm³/mol. The number of ether oxygens (including phenoxy) is 1. The van der Waals surface area contributed by atoms with Crippen molar-refractivity contribution in [2.24, 2.45) is 0 Å². The second-order valence-electron chi connectivity index (χ2n) is 7.00. The van der Waals surface area contributed by atoms with Gasteiger partial charge in [-0.25, -0.2) is 4.79 Å². The van der Waals surface area contributed by atoms with Gasteiger partial charge in [-0.3, -0.25) is 14.9 Å². The number of nitrogens with zero attached hydrogens (tertiary/aromatic N) is 1. The first-order valence-electron chi connectivity index (χ1n) is 9.75. The molecule has 0 bridgehead atoms. The van der Waals surface area contributed by atoms with Crippen molar-refractivity contribution in [2.45, 2.75) is 19.4 Å². The van der Waals surface area contributed by atoms with Crippen LogP contribution in [-0.4, -0.2) is 23.4 Å². The number of hydrogen-bond donors (Lipinski definition) is 1. The van der Waals surface area contributed by atoms with E-state index in [-0.39, 0.29) is 22.9 Å². The van der Waals surface area contributed by atoms with E-state index < -0.39 is 23.4 Å². The van der Waals surface area contributed by atoms with Crippen LogP contribution in [0, 0.1) is 17.0 Å². The maximum Gasteiger partial charge on any atom is 0.339 e. The molecule has 0 aliphatic carbocycles. The molecule has 1 atom stereocenters. The van der Waals surface area contributed by atoms with Gasteiger partial charge in [-0.15, -0.1) is 0 Å². The summed E-state index contributed by atoms with van der Waals surface area (Å²) in [5, 5.41) is 14.0. The number of nitro groups is 1. The zero-order chi connectivity index (χ0) is 22.2. The lowest BCUT2D eigenvalue weighted by molar-refractivity contribution is -0.385. The average molecular weight is 418 g/mol. The number of amides is 1. The van der Waals surface area contributed by atoms with Crippen LogP contribution in [0.25, 0.3) is 0 Å². The first-order chi connectivity index (χ1) is 15.0.